The Hall–Kier alpha value is -1.42. The van der Waals surface area contributed by atoms with Crippen LogP contribution in [0.1, 0.15) is 6.42 Å². The molecule has 0 fully saturated rings. The number of nitrogens with one attached hydrogen (secondary N) is 1. The number of hydrogen-bond donors (Lipinski definition) is 2. The fourth-order valence-corrected chi connectivity index (χ4v) is 1.11. The van der Waals surface area contributed by atoms with E-state index in [1.807, 2.05) is 30.3 Å². The maximum Gasteiger partial charge on any atom is 0.310 e. The summed E-state index contributed by atoms with van der Waals surface area (Å²) in [5.74, 6) is -0.923. The van der Waals surface area contributed by atoms with Crippen molar-refractivity contribution in [2.45, 2.75) is 6.42 Å². The minimum absolute atomic E-state index is 0.135. The number of carboxylic acids is 1. The monoisotopic (exact) mass is 195 g/mol. The maximum absolute atomic E-state index is 10.3. The molecule has 0 unspecified atom stereocenters. The molecule has 1 aromatic rings. The number of carbonyl (C=O) groups is 1. The first kappa shape index (κ1) is 9.67. The highest BCUT2D eigenvalue weighted by Crippen LogP contribution is 2.05. The van der Waals surface area contributed by atoms with E-state index in [4.69, 9.17) is 17.3 Å². The van der Waals surface area contributed by atoms with Crippen LogP contribution in [0, 0.1) is 0 Å². The molecular formula is C9H9NO2S. The average molecular weight is 195 g/mol. The summed E-state index contributed by atoms with van der Waals surface area (Å²) < 4.78 is 0. The first-order chi connectivity index (χ1) is 6.18. The number of anilines is 1. The van der Waals surface area contributed by atoms with E-state index < -0.39 is 5.97 Å². The van der Waals surface area contributed by atoms with E-state index >= 15 is 0 Å². The Morgan fingerprint density at radius 1 is 1.38 bits per heavy atom. The van der Waals surface area contributed by atoms with Crippen LogP contribution in [0.15, 0.2) is 30.3 Å². The van der Waals surface area contributed by atoms with Gasteiger partial charge in [-0.2, -0.15) is 0 Å². The second kappa shape index (κ2) is 4.57. The van der Waals surface area contributed by atoms with Gasteiger partial charge in [0.1, 0.15) is 0 Å². The van der Waals surface area contributed by atoms with E-state index in [0.717, 1.165) is 5.69 Å². The molecule has 0 heterocycles. The molecular weight excluding hydrogens is 186 g/mol. The van der Waals surface area contributed by atoms with Crippen molar-refractivity contribution in [3.8, 4) is 0 Å². The largest absolute Gasteiger partial charge is 0.481 e. The van der Waals surface area contributed by atoms with Crippen molar-refractivity contribution in [3.05, 3.63) is 30.3 Å². The van der Waals surface area contributed by atoms with Crippen LogP contribution >= 0.6 is 12.2 Å². The standard InChI is InChI=1S/C9H9NO2S/c11-9(12)6-8(13)10-7-4-2-1-3-5-7/h1-5H,6H2,(H,10,13)(H,11,12). The van der Waals surface area contributed by atoms with Crippen molar-refractivity contribution < 1.29 is 9.90 Å². The molecule has 0 aliphatic carbocycles. The predicted octanol–water partition coefficient (Wildman–Crippen LogP) is 1.90. The number of carboxylic acid groups (broad SMARTS) is 1. The third-order valence-corrected chi connectivity index (χ3v) is 1.62. The smallest absolute Gasteiger partial charge is 0.310 e. The quantitative estimate of drug-likeness (QED) is 0.723. The second-order valence-electron chi connectivity index (χ2n) is 2.48. The van der Waals surface area contributed by atoms with Gasteiger partial charge in [0.15, 0.2) is 0 Å². The summed E-state index contributed by atoms with van der Waals surface area (Å²) in [5.41, 5.74) is 0.814. The minimum Gasteiger partial charge on any atom is -0.481 e. The molecule has 0 aliphatic heterocycles. The van der Waals surface area contributed by atoms with Crippen molar-refractivity contribution in [2.75, 3.05) is 5.32 Å². The zero-order valence-electron chi connectivity index (χ0n) is 6.86. The van der Waals surface area contributed by atoms with E-state index in [2.05, 4.69) is 5.32 Å². The zero-order valence-corrected chi connectivity index (χ0v) is 7.67. The Morgan fingerprint density at radius 3 is 2.54 bits per heavy atom. The normalized spacial score (nSPS) is 9.23. The van der Waals surface area contributed by atoms with E-state index in [1.165, 1.54) is 0 Å². The van der Waals surface area contributed by atoms with Crippen LogP contribution in [-0.2, 0) is 4.79 Å². The lowest BCUT2D eigenvalue weighted by atomic mass is 10.3. The van der Waals surface area contributed by atoms with Crippen LogP contribution < -0.4 is 5.32 Å². The van der Waals surface area contributed by atoms with E-state index in [-0.39, 0.29) is 6.42 Å². The van der Waals surface area contributed by atoms with Crippen LogP contribution in [0.2, 0.25) is 0 Å². The van der Waals surface area contributed by atoms with Gasteiger partial charge in [0, 0.05) is 5.69 Å². The van der Waals surface area contributed by atoms with Gasteiger partial charge < -0.3 is 10.4 Å². The topological polar surface area (TPSA) is 49.3 Å². The average Bonchev–Trinajstić information content (AvgIpc) is 2.04. The highest BCUT2D eigenvalue weighted by molar-refractivity contribution is 7.80. The van der Waals surface area contributed by atoms with Crippen LogP contribution in [0.25, 0.3) is 0 Å². The van der Waals surface area contributed by atoms with Crippen LogP contribution in [0.3, 0.4) is 0 Å². The van der Waals surface area contributed by atoms with Crippen molar-refractivity contribution >= 4 is 28.9 Å². The summed E-state index contributed by atoms with van der Waals surface area (Å²) in [7, 11) is 0. The third kappa shape index (κ3) is 3.66. The lowest BCUT2D eigenvalue weighted by Gasteiger charge is -2.04. The van der Waals surface area contributed by atoms with Gasteiger partial charge in [-0.1, -0.05) is 30.4 Å². The Morgan fingerprint density at radius 2 is 2.00 bits per heavy atom. The Kier molecular flexibility index (Phi) is 3.40. The highest BCUT2D eigenvalue weighted by Gasteiger charge is 2.02. The van der Waals surface area contributed by atoms with Crippen molar-refractivity contribution in [1.29, 1.82) is 0 Å². The molecule has 0 saturated carbocycles. The number of rotatable bonds is 3. The molecule has 0 aliphatic rings. The summed E-state index contributed by atoms with van der Waals surface area (Å²) in [5, 5.41) is 11.3. The molecule has 1 aromatic carbocycles. The van der Waals surface area contributed by atoms with E-state index in [1.54, 1.807) is 0 Å². The van der Waals surface area contributed by atoms with Gasteiger partial charge >= 0.3 is 5.97 Å². The molecule has 4 heteroatoms. The summed E-state index contributed by atoms with van der Waals surface area (Å²) in [6.07, 6.45) is -0.135. The van der Waals surface area contributed by atoms with Gasteiger partial charge in [0.2, 0.25) is 0 Å². The fourth-order valence-electron chi connectivity index (χ4n) is 0.864. The molecule has 2 N–H and O–H groups in total. The molecule has 0 spiro atoms. The third-order valence-electron chi connectivity index (χ3n) is 1.37. The number of thiocarbonyl (C=S) groups is 1. The predicted molar refractivity (Wildman–Crippen MR) is 54.9 cm³/mol. The first-order valence-corrected chi connectivity index (χ1v) is 4.16. The minimum atomic E-state index is -0.923. The highest BCUT2D eigenvalue weighted by atomic mass is 32.1. The van der Waals surface area contributed by atoms with Crippen LogP contribution in [-0.4, -0.2) is 16.1 Å². The van der Waals surface area contributed by atoms with Gasteiger partial charge in [-0.15, -0.1) is 0 Å². The second-order valence-corrected chi connectivity index (χ2v) is 2.98. The Bertz CT molecular complexity index is 311. The van der Waals surface area contributed by atoms with Gasteiger partial charge in [0.05, 0.1) is 11.4 Å². The summed E-state index contributed by atoms with van der Waals surface area (Å²) in [6, 6.07) is 9.24. The number of hydrogen-bond acceptors (Lipinski definition) is 2. The molecule has 0 amide bonds. The number of aliphatic carboxylic acids is 1. The lowest BCUT2D eigenvalue weighted by molar-refractivity contribution is -0.135. The number of benzene rings is 1. The first-order valence-electron chi connectivity index (χ1n) is 3.75. The molecule has 1 rings (SSSR count). The SMILES string of the molecule is O=C(O)CC(=S)Nc1ccccc1. The molecule has 3 nitrogen and oxygen atoms in total. The summed E-state index contributed by atoms with van der Waals surface area (Å²) in [6.45, 7) is 0. The molecule has 13 heavy (non-hydrogen) atoms. The van der Waals surface area contributed by atoms with Crippen molar-refractivity contribution in [1.82, 2.24) is 0 Å². The maximum atomic E-state index is 10.3. The van der Waals surface area contributed by atoms with Gasteiger partial charge in [-0.05, 0) is 12.1 Å². The van der Waals surface area contributed by atoms with Crippen molar-refractivity contribution in [3.63, 3.8) is 0 Å². The fraction of sp³-hybridized carbons (Fsp3) is 0.111. The molecule has 0 bridgehead atoms. The van der Waals surface area contributed by atoms with Crippen molar-refractivity contribution in [2.24, 2.45) is 0 Å². The van der Waals surface area contributed by atoms with Crippen LogP contribution in [0.4, 0.5) is 5.69 Å². The molecule has 68 valence electrons. The van der Waals surface area contributed by atoms with E-state index in [0.29, 0.717) is 4.99 Å². The van der Waals surface area contributed by atoms with Gasteiger partial charge in [0.25, 0.3) is 0 Å². The van der Waals surface area contributed by atoms with Gasteiger partial charge in [-0.25, -0.2) is 0 Å². The van der Waals surface area contributed by atoms with Gasteiger partial charge in [-0.3, -0.25) is 4.79 Å². The molecule has 0 saturated heterocycles. The molecule has 0 radical (unpaired) electrons. The van der Waals surface area contributed by atoms with E-state index in [9.17, 15) is 4.79 Å². The lowest BCUT2D eigenvalue weighted by Crippen LogP contribution is -2.13. The number of para-hydroxylation sites is 1. The Balaban J connectivity index is 2.50. The summed E-state index contributed by atoms with van der Waals surface area (Å²) in [4.78, 5) is 10.6. The molecule has 0 aromatic heterocycles. The zero-order chi connectivity index (χ0) is 9.68. The Labute approximate surface area is 81.4 Å². The molecule has 0 atom stereocenters. The summed E-state index contributed by atoms with van der Waals surface area (Å²) >= 11 is 4.82. The van der Waals surface area contributed by atoms with Crippen LogP contribution in [0.5, 0.6) is 0 Å².